The third-order valence-electron chi connectivity index (χ3n) is 19.7. The molecule has 4 unspecified atom stereocenters. The van der Waals surface area contributed by atoms with Crippen molar-refractivity contribution < 1.29 is 34.3 Å². The molecule has 3 N–H and O–H groups in total. The topological polar surface area (TPSA) is 97.6 Å². The van der Waals surface area contributed by atoms with E-state index in [9.17, 15) is 15.3 Å². The maximum atomic E-state index is 11.6. The highest BCUT2D eigenvalue weighted by Gasteiger charge is 2.37. The van der Waals surface area contributed by atoms with Gasteiger partial charge in [0, 0.05) is 56.1 Å². The summed E-state index contributed by atoms with van der Waals surface area (Å²) in [7, 11) is 3.64. The number of hydrogen-bond donors (Lipinski definition) is 3. The van der Waals surface area contributed by atoms with Gasteiger partial charge in [-0.2, -0.15) is 0 Å². The lowest BCUT2D eigenvalue weighted by Gasteiger charge is -2.35. The fourth-order valence-electron chi connectivity index (χ4n) is 13.6. The highest BCUT2D eigenvalue weighted by atomic mass is 28.3. The van der Waals surface area contributed by atoms with Crippen LogP contribution in [0.3, 0.4) is 0 Å². The van der Waals surface area contributed by atoms with E-state index in [4.69, 9.17) is 31.8 Å². The zero-order chi connectivity index (χ0) is 78.8. The van der Waals surface area contributed by atoms with Crippen LogP contribution in [0.15, 0.2) is 244 Å². The minimum absolute atomic E-state index is 0.0484. The van der Waals surface area contributed by atoms with Gasteiger partial charge in [0.1, 0.15) is 44.5 Å². The van der Waals surface area contributed by atoms with E-state index in [1.165, 1.54) is 16.7 Å². The second-order valence-corrected chi connectivity index (χ2v) is 38.2. The number of aliphatic hydroxyl groups is 3. The minimum atomic E-state index is -1.65. The van der Waals surface area contributed by atoms with Crippen molar-refractivity contribution in [2.45, 2.75) is 185 Å². The molecule has 4 aliphatic carbocycles. The quantitative estimate of drug-likeness (QED) is 0.0341. The second kappa shape index (κ2) is 39.9. The van der Waals surface area contributed by atoms with E-state index in [0.29, 0.717) is 5.92 Å². The maximum absolute atomic E-state index is 11.6. The Kier molecular flexibility index (Phi) is 32.9. The van der Waals surface area contributed by atoms with Crippen molar-refractivity contribution in [3.05, 3.63) is 311 Å². The number of ether oxygens (including phenoxy) is 4. The van der Waals surface area contributed by atoms with Crippen LogP contribution in [0.25, 0.3) is 22.3 Å². The summed E-state index contributed by atoms with van der Waals surface area (Å²) in [5.74, 6) is 13.9. The summed E-state index contributed by atoms with van der Waals surface area (Å²) in [5.41, 5.74) is 22.5. The van der Waals surface area contributed by atoms with E-state index in [1.807, 2.05) is 94.5 Å². The number of methoxy groups -OCH3 is 4. The summed E-state index contributed by atoms with van der Waals surface area (Å²) in [6.07, 6.45) is 39.4. The zero-order valence-corrected chi connectivity index (χ0v) is 68.7. The van der Waals surface area contributed by atoms with E-state index in [0.717, 1.165) is 135 Å². The Labute approximate surface area is 641 Å². The SMILES string of the molecule is C#Cc1cc(C2CC=C(C(=C)O)CC2)c(C#C)cc1-c1ccc(C2(O)C=CC(OC)(c3ccc(C(CC)OC)cc3)C=C2)cc1.C=C.C=C.C=C(O)C1=CCC(c2cc(C#C[Si](C)(C)C)c(-c3ccc(C4(C)C=CC(OC)(c5ccc(C(CC)OC)cc5)C=C4)cc3)cc2C#C[Si](C)(C)C)CC1.CC.CC. The molecule has 0 saturated heterocycles. The van der Waals surface area contributed by atoms with Crippen LogP contribution in [0.1, 0.15) is 191 Å². The molecule has 7 nitrogen and oxygen atoms in total. The molecule has 0 aliphatic heterocycles. The Balaban J connectivity index is 0.000000351. The van der Waals surface area contributed by atoms with Crippen LogP contribution in [0, 0.1) is 47.6 Å². The molecule has 0 heterocycles. The minimum Gasteiger partial charge on any atom is -0.508 e. The lowest BCUT2D eigenvalue weighted by atomic mass is 9.74. The van der Waals surface area contributed by atoms with E-state index in [-0.39, 0.29) is 35.1 Å². The number of terminal acetylenes is 2. The van der Waals surface area contributed by atoms with Crippen LogP contribution >= 0.6 is 0 Å². The number of rotatable bonds is 18. The highest BCUT2D eigenvalue weighted by Crippen LogP contribution is 2.45. The van der Waals surface area contributed by atoms with Crippen LogP contribution < -0.4 is 0 Å². The first-order chi connectivity index (χ1) is 50.7. The van der Waals surface area contributed by atoms with Gasteiger partial charge in [0.2, 0.25) is 0 Å². The normalized spacial score (nSPS) is 20.9. The first kappa shape index (κ1) is 87.4. The second-order valence-electron chi connectivity index (χ2n) is 28.7. The summed E-state index contributed by atoms with van der Waals surface area (Å²) in [6, 6.07) is 42.2. The third-order valence-corrected chi connectivity index (χ3v) is 21.5. The van der Waals surface area contributed by atoms with Crippen molar-refractivity contribution in [3.63, 3.8) is 0 Å². The molecule has 0 spiro atoms. The average molecular weight is 1450 g/mol. The van der Waals surface area contributed by atoms with Crippen LogP contribution in [0.5, 0.6) is 0 Å². The summed E-state index contributed by atoms with van der Waals surface area (Å²) in [5, 5.41) is 31.5. The van der Waals surface area contributed by atoms with E-state index in [2.05, 4.69) is 237 Å². The van der Waals surface area contributed by atoms with Crippen LogP contribution in [0.2, 0.25) is 39.3 Å². The summed E-state index contributed by atoms with van der Waals surface area (Å²) < 4.78 is 23.4. The summed E-state index contributed by atoms with van der Waals surface area (Å²) in [6.45, 7) is 47.7. The van der Waals surface area contributed by atoms with Crippen molar-refractivity contribution in [3.8, 4) is 69.9 Å². The Hall–Kier alpha value is -9.21. The van der Waals surface area contributed by atoms with Gasteiger partial charge in [-0.1, -0.05) is 239 Å². The number of aliphatic hydroxyl groups excluding tert-OH is 2. The van der Waals surface area contributed by atoms with Gasteiger partial charge in [-0.15, -0.1) is 50.2 Å². The lowest BCUT2D eigenvalue weighted by molar-refractivity contribution is 0.0591. The zero-order valence-electron chi connectivity index (χ0n) is 66.7. The van der Waals surface area contributed by atoms with Crippen molar-refractivity contribution in [2.75, 3.05) is 28.4 Å². The molecule has 0 saturated carbocycles. The average Bonchev–Trinajstić information content (AvgIpc) is 0.770. The standard InChI is InChI=1S/C48H58O3Si2.C41H40O4.2C2H6.2C2H4/c1-12-46(50-4)39-19-23-43(24-20-39)48(51-5)29-27-47(3,28-30-48)42-21-17-38(18-22-42)45-34-40(25-31-52(6,7)8)44(33-41(45)26-32-53(9,10)11)37-15-13-36(14-16-37)35(2)49;1-7-29-27-38(30(8-2)26-37(29)32-12-10-31(11-13-32)28(4)42)33-14-18-35(19-15-33)40(43)22-24-41(45-6,25-23-40)36-20-16-34(17-21-36)39(9-3)44-5;4*1-2/h13,17-24,27-30,33-34,37,46,49H,2,12,14-16H2,1,3-11H3;1-2,10,14-27,32,39,42-43H,4,9,11-13H2,3,5-6H3;2*1-2H3;2*1-2H2. The van der Waals surface area contributed by atoms with Gasteiger partial charge in [-0.3, -0.25) is 0 Å². The highest BCUT2D eigenvalue weighted by molar-refractivity contribution is 6.84. The van der Waals surface area contributed by atoms with Gasteiger partial charge < -0.3 is 34.3 Å². The van der Waals surface area contributed by atoms with Gasteiger partial charge in [0.25, 0.3) is 0 Å². The Morgan fingerprint density at radius 3 is 1.19 bits per heavy atom. The molecule has 0 radical (unpaired) electrons. The van der Waals surface area contributed by atoms with Gasteiger partial charge in [-0.25, -0.2) is 0 Å². The van der Waals surface area contributed by atoms with Crippen LogP contribution in [0.4, 0.5) is 0 Å². The molecule has 6 aromatic rings. The molecule has 10 rings (SSSR count). The molecule has 9 heteroatoms. The molecule has 0 aromatic heterocycles. The largest absolute Gasteiger partial charge is 0.508 e. The molecule has 556 valence electrons. The Morgan fingerprint density at radius 2 is 0.840 bits per heavy atom. The molecule has 6 aromatic carbocycles. The molecule has 4 atom stereocenters. The van der Waals surface area contributed by atoms with E-state index < -0.39 is 33.0 Å². The fourth-order valence-corrected chi connectivity index (χ4v) is 14.6. The summed E-state index contributed by atoms with van der Waals surface area (Å²) >= 11 is 0. The first-order valence-electron chi connectivity index (χ1n) is 37.3. The smallest absolute Gasteiger partial charge is 0.129 e. The Bertz CT molecular complexity index is 4330. The molecular formula is C97H118O7Si2. The fraction of sp³-hybridized carbons (Fsp3) is 0.340. The number of hydrogen-bond acceptors (Lipinski definition) is 7. The van der Waals surface area contributed by atoms with Crippen LogP contribution in [-0.4, -0.2) is 59.9 Å². The van der Waals surface area contributed by atoms with Gasteiger partial charge in [0.15, 0.2) is 0 Å². The van der Waals surface area contributed by atoms with Crippen molar-refractivity contribution >= 4 is 16.1 Å². The van der Waals surface area contributed by atoms with Gasteiger partial charge >= 0.3 is 0 Å². The predicted octanol–water partition coefficient (Wildman–Crippen LogP) is 24.3. The molecular weight excluding hydrogens is 1330 g/mol. The Morgan fingerprint density at radius 1 is 0.491 bits per heavy atom. The molecule has 0 amide bonds. The number of benzene rings is 6. The predicted molar refractivity (Wildman–Crippen MR) is 456 cm³/mol. The van der Waals surface area contributed by atoms with E-state index >= 15 is 0 Å². The molecule has 0 bridgehead atoms. The monoisotopic (exact) mass is 1450 g/mol. The number of allylic oxidation sites excluding steroid dienone is 6. The summed E-state index contributed by atoms with van der Waals surface area (Å²) in [4.78, 5) is 0. The van der Waals surface area contributed by atoms with Crippen molar-refractivity contribution in [1.29, 1.82) is 0 Å². The van der Waals surface area contributed by atoms with Gasteiger partial charge in [-0.05, 0) is 209 Å². The van der Waals surface area contributed by atoms with Crippen LogP contribution in [-0.2, 0) is 41.2 Å². The van der Waals surface area contributed by atoms with E-state index in [1.54, 1.807) is 40.6 Å². The third kappa shape index (κ3) is 21.5. The van der Waals surface area contributed by atoms with Crippen molar-refractivity contribution in [2.24, 2.45) is 0 Å². The lowest BCUT2D eigenvalue weighted by Crippen LogP contribution is -2.31. The first-order valence-corrected chi connectivity index (χ1v) is 44.3. The molecule has 0 fully saturated rings. The molecule has 4 aliphatic rings. The van der Waals surface area contributed by atoms with Crippen molar-refractivity contribution in [1.82, 2.24) is 0 Å². The maximum Gasteiger partial charge on any atom is 0.129 e. The molecule has 106 heavy (non-hydrogen) atoms. The van der Waals surface area contributed by atoms with Gasteiger partial charge in [0.05, 0.1) is 12.2 Å².